The van der Waals surface area contributed by atoms with Crippen molar-refractivity contribution < 1.29 is 0 Å². The largest absolute Gasteiger partial charge is 0.300 e. The van der Waals surface area contributed by atoms with Crippen molar-refractivity contribution in [1.82, 2.24) is 9.80 Å². The monoisotopic (exact) mass is 238 g/mol. The summed E-state index contributed by atoms with van der Waals surface area (Å²) in [4.78, 5) is 5.34. The molecule has 2 fully saturated rings. The van der Waals surface area contributed by atoms with Gasteiger partial charge in [0.1, 0.15) is 0 Å². The van der Waals surface area contributed by atoms with E-state index in [0.717, 1.165) is 6.04 Å². The molecule has 0 unspecified atom stereocenters. The van der Waals surface area contributed by atoms with Crippen LogP contribution in [0.15, 0.2) is 0 Å². The van der Waals surface area contributed by atoms with Crippen molar-refractivity contribution >= 4 is 0 Å². The number of hydrogen-bond acceptors (Lipinski definition) is 2. The Kier molecular flexibility index (Phi) is 3.57. The molecule has 0 aromatic rings. The first-order valence-electron chi connectivity index (χ1n) is 7.32. The SMILES string of the molecule is CC(C)N1CCC2(CCN(C(C)(C)C)CC2)C1. The molecule has 17 heavy (non-hydrogen) atoms. The molecule has 0 aromatic carbocycles. The molecule has 1 spiro atoms. The van der Waals surface area contributed by atoms with Gasteiger partial charge in [0.2, 0.25) is 0 Å². The Bertz CT molecular complexity index is 257. The van der Waals surface area contributed by atoms with Crippen LogP contribution >= 0.6 is 0 Å². The third-order valence-corrected chi connectivity index (χ3v) is 4.97. The molecule has 0 atom stereocenters. The van der Waals surface area contributed by atoms with E-state index < -0.39 is 0 Å². The van der Waals surface area contributed by atoms with Gasteiger partial charge in [-0.15, -0.1) is 0 Å². The van der Waals surface area contributed by atoms with E-state index in [1.165, 1.54) is 45.4 Å². The first-order chi connectivity index (χ1) is 7.82. The first kappa shape index (κ1) is 13.4. The maximum atomic E-state index is 2.67. The van der Waals surface area contributed by atoms with Crippen LogP contribution in [0.2, 0.25) is 0 Å². The summed E-state index contributed by atoms with van der Waals surface area (Å²) < 4.78 is 0. The molecule has 2 aliphatic heterocycles. The summed E-state index contributed by atoms with van der Waals surface area (Å²) in [5.74, 6) is 0. The standard InChI is InChI=1S/C15H30N2/c1-13(2)16-9-6-15(12-16)7-10-17(11-8-15)14(3,4)5/h13H,6-12H2,1-5H3. The van der Waals surface area contributed by atoms with Gasteiger partial charge in [0.15, 0.2) is 0 Å². The number of rotatable bonds is 1. The fourth-order valence-corrected chi connectivity index (χ4v) is 3.47. The highest BCUT2D eigenvalue weighted by Crippen LogP contribution is 2.42. The van der Waals surface area contributed by atoms with E-state index in [1.54, 1.807) is 0 Å². The Morgan fingerprint density at radius 2 is 1.47 bits per heavy atom. The first-order valence-corrected chi connectivity index (χ1v) is 7.32. The lowest BCUT2D eigenvalue weighted by molar-refractivity contribution is 0.0446. The fourth-order valence-electron chi connectivity index (χ4n) is 3.47. The van der Waals surface area contributed by atoms with E-state index in [4.69, 9.17) is 0 Å². The van der Waals surface area contributed by atoms with Gasteiger partial charge >= 0.3 is 0 Å². The van der Waals surface area contributed by atoms with Gasteiger partial charge in [0.25, 0.3) is 0 Å². The van der Waals surface area contributed by atoms with Crippen molar-refractivity contribution in [3.05, 3.63) is 0 Å². The number of nitrogens with zero attached hydrogens (tertiary/aromatic N) is 2. The predicted molar refractivity (Wildman–Crippen MR) is 74.3 cm³/mol. The third kappa shape index (κ3) is 2.85. The number of piperidine rings is 1. The molecule has 0 amide bonds. The highest BCUT2D eigenvalue weighted by molar-refractivity contribution is 4.96. The summed E-state index contributed by atoms with van der Waals surface area (Å²) >= 11 is 0. The molecule has 0 bridgehead atoms. The molecule has 2 nitrogen and oxygen atoms in total. The molecule has 0 aliphatic carbocycles. The summed E-state index contributed by atoms with van der Waals surface area (Å²) in [6, 6.07) is 0.732. The predicted octanol–water partition coefficient (Wildman–Crippen LogP) is 2.98. The summed E-state index contributed by atoms with van der Waals surface area (Å²) in [5.41, 5.74) is 1.02. The lowest BCUT2D eigenvalue weighted by Crippen LogP contribution is -2.49. The van der Waals surface area contributed by atoms with Gasteiger partial charge in [0.05, 0.1) is 0 Å². The molecular formula is C15H30N2. The lowest BCUT2D eigenvalue weighted by atomic mass is 9.77. The minimum absolute atomic E-state index is 0.359. The zero-order chi connectivity index (χ0) is 12.7. The van der Waals surface area contributed by atoms with Gasteiger partial charge in [-0.05, 0) is 78.9 Å². The van der Waals surface area contributed by atoms with E-state index in [-0.39, 0.29) is 0 Å². The van der Waals surface area contributed by atoms with Gasteiger partial charge in [-0.1, -0.05) is 0 Å². The highest BCUT2D eigenvalue weighted by Gasteiger charge is 2.42. The normalized spacial score (nSPS) is 27.2. The smallest absolute Gasteiger partial charge is 0.0125 e. The Balaban J connectivity index is 1.91. The molecule has 100 valence electrons. The Labute approximate surface area is 107 Å². The summed E-state index contributed by atoms with van der Waals surface area (Å²) in [5, 5.41) is 0. The van der Waals surface area contributed by atoms with Crippen LogP contribution in [-0.2, 0) is 0 Å². The van der Waals surface area contributed by atoms with Crippen molar-refractivity contribution in [2.24, 2.45) is 5.41 Å². The zero-order valence-corrected chi connectivity index (χ0v) is 12.4. The zero-order valence-electron chi connectivity index (χ0n) is 12.4. The quantitative estimate of drug-likeness (QED) is 0.693. The average Bonchev–Trinajstić information content (AvgIpc) is 2.62. The number of hydrogen-bond donors (Lipinski definition) is 0. The van der Waals surface area contributed by atoms with Gasteiger partial charge in [-0.25, -0.2) is 0 Å². The van der Waals surface area contributed by atoms with Gasteiger partial charge < -0.3 is 4.90 Å². The van der Waals surface area contributed by atoms with E-state index in [9.17, 15) is 0 Å². The second kappa shape index (κ2) is 4.55. The van der Waals surface area contributed by atoms with Gasteiger partial charge in [0, 0.05) is 18.1 Å². The van der Waals surface area contributed by atoms with Crippen LogP contribution in [-0.4, -0.2) is 47.6 Å². The van der Waals surface area contributed by atoms with E-state index in [2.05, 4.69) is 44.4 Å². The molecule has 0 aromatic heterocycles. The molecule has 0 saturated carbocycles. The summed E-state index contributed by atoms with van der Waals surface area (Å²) in [6.07, 6.45) is 4.25. The van der Waals surface area contributed by atoms with Crippen LogP contribution in [0.1, 0.15) is 53.9 Å². The minimum atomic E-state index is 0.359. The Morgan fingerprint density at radius 1 is 0.941 bits per heavy atom. The summed E-state index contributed by atoms with van der Waals surface area (Å²) in [7, 11) is 0. The maximum Gasteiger partial charge on any atom is 0.0125 e. The molecule has 2 rings (SSSR count). The molecule has 0 N–H and O–H groups in total. The minimum Gasteiger partial charge on any atom is -0.300 e. The van der Waals surface area contributed by atoms with Gasteiger partial charge in [-0.2, -0.15) is 0 Å². The van der Waals surface area contributed by atoms with Crippen molar-refractivity contribution in [3.63, 3.8) is 0 Å². The second-order valence-corrected chi connectivity index (χ2v) is 7.47. The third-order valence-electron chi connectivity index (χ3n) is 4.97. The lowest BCUT2D eigenvalue weighted by Gasteiger charge is -2.45. The van der Waals surface area contributed by atoms with E-state index >= 15 is 0 Å². The average molecular weight is 238 g/mol. The molecule has 2 heteroatoms. The van der Waals surface area contributed by atoms with Crippen molar-refractivity contribution in [1.29, 1.82) is 0 Å². The molecule has 0 radical (unpaired) electrons. The Hall–Kier alpha value is -0.0800. The highest BCUT2D eigenvalue weighted by atomic mass is 15.2. The van der Waals surface area contributed by atoms with Crippen molar-refractivity contribution in [2.75, 3.05) is 26.2 Å². The topological polar surface area (TPSA) is 6.48 Å². The molecular weight excluding hydrogens is 208 g/mol. The van der Waals surface area contributed by atoms with Crippen LogP contribution in [0, 0.1) is 5.41 Å². The number of likely N-dealkylation sites (tertiary alicyclic amines) is 2. The van der Waals surface area contributed by atoms with Crippen LogP contribution in [0.25, 0.3) is 0 Å². The van der Waals surface area contributed by atoms with Crippen LogP contribution in [0.3, 0.4) is 0 Å². The van der Waals surface area contributed by atoms with Crippen LogP contribution in [0.5, 0.6) is 0 Å². The van der Waals surface area contributed by atoms with Gasteiger partial charge in [-0.3, -0.25) is 4.90 Å². The van der Waals surface area contributed by atoms with E-state index in [0.29, 0.717) is 11.0 Å². The molecule has 2 saturated heterocycles. The van der Waals surface area contributed by atoms with E-state index in [1.807, 2.05) is 0 Å². The summed E-state index contributed by atoms with van der Waals surface area (Å²) in [6.45, 7) is 17.0. The molecule has 2 heterocycles. The Morgan fingerprint density at radius 3 is 1.88 bits per heavy atom. The van der Waals surface area contributed by atoms with Crippen LogP contribution < -0.4 is 0 Å². The maximum absolute atomic E-state index is 2.67. The second-order valence-electron chi connectivity index (χ2n) is 7.47. The van der Waals surface area contributed by atoms with Crippen molar-refractivity contribution in [2.45, 2.75) is 65.5 Å². The van der Waals surface area contributed by atoms with Crippen LogP contribution in [0.4, 0.5) is 0 Å². The fraction of sp³-hybridized carbons (Fsp3) is 1.00. The van der Waals surface area contributed by atoms with Crippen molar-refractivity contribution in [3.8, 4) is 0 Å². The molecule has 2 aliphatic rings.